The van der Waals surface area contributed by atoms with Crippen LogP contribution in [0.25, 0.3) is 0 Å². The average Bonchev–Trinajstić information content (AvgIpc) is 2.76. The predicted molar refractivity (Wildman–Crippen MR) is 85.3 cm³/mol. The Bertz CT molecular complexity index is 453. The van der Waals surface area contributed by atoms with E-state index in [0.29, 0.717) is 5.91 Å². The van der Waals surface area contributed by atoms with Gasteiger partial charge < -0.3 is 10.2 Å². The zero-order valence-corrected chi connectivity index (χ0v) is 12.8. The monoisotopic (exact) mass is 286 g/mol. The molecular formula is C18H26N2O. The van der Waals surface area contributed by atoms with Crippen LogP contribution in [0.5, 0.6) is 0 Å². The lowest BCUT2D eigenvalue weighted by atomic mass is 9.93. The first kappa shape index (κ1) is 14.6. The van der Waals surface area contributed by atoms with Crippen molar-refractivity contribution in [3.63, 3.8) is 0 Å². The van der Waals surface area contributed by atoms with Gasteiger partial charge in [-0.25, -0.2) is 0 Å². The highest BCUT2D eigenvalue weighted by Crippen LogP contribution is 2.20. The van der Waals surface area contributed by atoms with Gasteiger partial charge in [-0.2, -0.15) is 0 Å². The van der Waals surface area contributed by atoms with E-state index in [1.807, 2.05) is 0 Å². The Morgan fingerprint density at radius 3 is 2.33 bits per heavy atom. The Hall–Kier alpha value is -1.35. The molecule has 0 aliphatic carbocycles. The van der Waals surface area contributed by atoms with E-state index in [9.17, 15) is 4.79 Å². The topological polar surface area (TPSA) is 32.3 Å². The molecule has 1 N–H and O–H groups in total. The molecule has 114 valence electrons. The molecule has 3 heteroatoms. The molecule has 0 aromatic heterocycles. The number of amides is 1. The maximum atomic E-state index is 12.5. The van der Waals surface area contributed by atoms with Crippen LogP contribution < -0.4 is 5.32 Å². The molecule has 1 saturated heterocycles. The fraction of sp³-hybridized carbons (Fsp3) is 0.611. The second-order valence-electron chi connectivity index (χ2n) is 6.38. The van der Waals surface area contributed by atoms with Crippen molar-refractivity contribution in [2.75, 3.05) is 26.2 Å². The van der Waals surface area contributed by atoms with Gasteiger partial charge in [0.15, 0.2) is 0 Å². The van der Waals surface area contributed by atoms with E-state index in [4.69, 9.17) is 0 Å². The first-order chi connectivity index (χ1) is 10.3. The van der Waals surface area contributed by atoms with Gasteiger partial charge >= 0.3 is 0 Å². The molecule has 0 unspecified atom stereocenters. The second kappa shape index (κ2) is 7.08. The van der Waals surface area contributed by atoms with Crippen LogP contribution in [-0.4, -0.2) is 37.0 Å². The molecule has 1 amide bonds. The Balaban J connectivity index is 1.49. The summed E-state index contributed by atoms with van der Waals surface area (Å²) in [6, 6.07) is 8.62. The van der Waals surface area contributed by atoms with Crippen molar-refractivity contribution in [1.82, 2.24) is 10.2 Å². The molecule has 0 radical (unpaired) electrons. The number of hydrogen-bond acceptors (Lipinski definition) is 2. The fourth-order valence-electron chi connectivity index (χ4n) is 3.57. The first-order valence-corrected chi connectivity index (χ1v) is 8.38. The SMILES string of the molecule is O=C(CCC1CCNCC1)N1CCc2ccccc2CC1. The summed E-state index contributed by atoms with van der Waals surface area (Å²) in [4.78, 5) is 14.5. The Kier molecular flexibility index (Phi) is 4.91. The van der Waals surface area contributed by atoms with Crippen LogP contribution in [0.4, 0.5) is 0 Å². The van der Waals surface area contributed by atoms with Gasteiger partial charge in [0.05, 0.1) is 0 Å². The summed E-state index contributed by atoms with van der Waals surface area (Å²) in [6.07, 6.45) is 6.30. The zero-order valence-electron chi connectivity index (χ0n) is 12.8. The molecule has 2 aliphatic heterocycles. The Morgan fingerprint density at radius 2 is 1.71 bits per heavy atom. The van der Waals surface area contributed by atoms with E-state index in [0.717, 1.165) is 57.8 Å². The summed E-state index contributed by atoms with van der Waals surface area (Å²) in [6.45, 7) is 4.03. The molecule has 0 saturated carbocycles. The number of piperidine rings is 1. The van der Waals surface area contributed by atoms with Gasteiger partial charge in [-0.05, 0) is 62.2 Å². The van der Waals surface area contributed by atoms with Crippen LogP contribution >= 0.6 is 0 Å². The third kappa shape index (κ3) is 3.85. The molecule has 2 heterocycles. The largest absolute Gasteiger partial charge is 0.342 e. The minimum atomic E-state index is 0.362. The summed E-state index contributed by atoms with van der Waals surface area (Å²) in [5, 5.41) is 3.39. The van der Waals surface area contributed by atoms with Crippen LogP contribution in [-0.2, 0) is 17.6 Å². The van der Waals surface area contributed by atoms with Crippen LogP contribution in [0.2, 0.25) is 0 Å². The number of nitrogens with zero attached hydrogens (tertiary/aromatic N) is 1. The summed E-state index contributed by atoms with van der Waals surface area (Å²) < 4.78 is 0. The highest BCUT2D eigenvalue weighted by molar-refractivity contribution is 5.76. The molecule has 1 aromatic carbocycles. The molecular weight excluding hydrogens is 260 g/mol. The number of benzene rings is 1. The van der Waals surface area contributed by atoms with E-state index in [2.05, 4.69) is 34.5 Å². The van der Waals surface area contributed by atoms with E-state index >= 15 is 0 Å². The van der Waals surface area contributed by atoms with E-state index in [-0.39, 0.29) is 0 Å². The van der Waals surface area contributed by atoms with Gasteiger partial charge in [-0.3, -0.25) is 4.79 Å². The molecule has 3 rings (SSSR count). The van der Waals surface area contributed by atoms with Gasteiger partial charge in [0.25, 0.3) is 0 Å². The quantitative estimate of drug-likeness (QED) is 0.925. The van der Waals surface area contributed by atoms with Crippen molar-refractivity contribution in [3.05, 3.63) is 35.4 Å². The number of fused-ring (bicyclic) bond motifs is 1. The average molecular weight is 286 g/mol. The van der Waals surface area contributed by atoms with Crippen LogP contribution in [0.15, 0.2) is 24.3 Å². The summed E-state index contributed by atoms with van der Waals surface area (Å²) in [7, 11) is 0. The Morgan fingerprint density at radius 1 is 1.10 bits per heavy atom. The van der Waals surface area contributed by atoms with Crippen LogP contribution in [0.1, 0.15) is 36.8 Å². The third-order valence-corrected chi connectivity index (χ3v) is 5.00. The van der Waals surface area contributed by atoms with Crippen LogP contribution in [0.3, 0.4) is 0 Å². The normalized spacial score (nSPS) is 19.9. The standard InChI is InChI=1S/C18H26N2O/c21-18(6-5-15-7-11-19-12-8-15)20-13-9-16-3-1-2-4-17(16)10-14-20/h1-4,15,19H,5-14H2. The highest BCUT2D eigenvalue weighted by atomic mass is 16.2. The van der Waals surface area contributed by atoms with Crippen molar-refractivity contribution in [1.29, 1.82) is 0 Å². The van der Waals surface area contributed by atoms with Gasteiger partial charge in [0, 0.05) is 19.5 Å². The lowest BCUT2D eigenvalue weighted by Crippen LogP contribution is -2.34. The summed E-state index contributed by atoms with van der Waals surface area (Å²) >= 11 is 0. The molecule has 0 atom stereocenters. The van der Waals surface area contributed by atoms with Gasteiger partial charge in [-0.15, -0.1) is 0 Å². The maximum absolute atomic E-state index is 12.5. The highest BCUT2D eigenvalue weighted by Gasteiger charge is 2.20. The van der Waals surface area contributed by atoms with Crippen molar-refractivity contribution in [2.45, 2.75) is 38.5 Å². The van der Waals surface area contributed by atoms with Gasteiger partial charge in [0.1, 0.15) is 0 Å². The number of hydrogen-bond donors (Lipinski definition) is 1. The third-order valence-electron chi connectivity index (χ3n) is 5.00. The lowest BCUT2D eigenvalue weighted by Gasteiger charge is -2.24. The van der Waals surface area contributed by atoms with E-state index in [1.165, 1.54) is 24.0 Å². The molecule has 0 bridgehead atoms. The smallest absolute Gasteiger partial charge is 0.222 e. The van der Waals surface area contributed by atoms with Crippen LogP contribution in [0, 0.1) is 5.92 Å². The minimum Gasteiger partial charge on any atom is -0.342 e. The van der Waals surface area contributed by atoms with Gasteiger partial charge in [-0.1, -0.05) is 24.3 Å². The molecule has 1 aromatic rings. The molecule has 0 spiro atoms. The van der Waals surface area contributed by atoms with E-state index in [1.54, 1.807) is 0 Å². The second-order valence-corrected chi connectivity index (χ2v) is 6.38. The summed E-state index contributed by atoms with van der Waals surface area (Å²) in [5.41, 5.74) is 2.84. The number of nitrogens with one attached hydrogen (secondary N) is 1. The predicted octanol–water partition coefficient (Wildman–Crippen LogP) is 2.39. The molecule has 3 nitrogen and oxygen atoms in total. The molecule has 21 heavy (non-hydrogen) atoms. The fourth-order valence-corrected chi connectivity index (χ4v) is 3.57. The summed E-state index contributed by atoms with van der Waals surface area (Å²) in [5.74, 6) is 1.11. The minimum absolute atomic E-state index is 0.362. The van der Waals surface area contributed by atoms with Gasteiger partial charge in [0.2, 0.25) is 5.91 Å². The maximum Gasteiger partial charge on any atom is 0.222 e. The lowest BCUT2D eigenvalue weighted by molar-refractivity contribution is -0.131. The first-order valence-electron chi connectivity index (χ1n) is 8.38. The van der Waals surface area contributed by atoms with Crippen molar-refractivity contribution in [2.24, 2.45) is 5.92 Å². The molecule has 2 aliphatic rings. The number of rotatable bonds is 3. The van der Waals surface area contributed by atoms with E-state index < -0.39 is 0 Å². The number of carbonyl (C=O) groups excluding carboxylic acids is 1. The van der Waals surface area contributed by atoms with Crippen molar-refractivity contribution < 1.29 is 4.79 Å². The zero-order chi connectivity index (χ0) is 14.5. The van der Waals surface area contributed by atoms with Crippen molar-refractivity contribution in [3.8, 4) is 0 Å². The molecule has 1 fully saturated rings. The van der Waals surface area contributed by atoms with Crippen molar-refractivity contribution >= 4 is 5.91 Å². The Labute approximate surface area is 127 Å². The number of carbonyl (C=O) groups is 1.